The standard InChI is InChI=1S/C12H20N2O4S/c1-8(2)14-6-9(5-11(14)15)12(16)13-10-3-4-19(17,18)7-10/h8-10H,3-7H2,1-2H3,(H,13,16). The molecule has 6 nitrogen and oxygen atoms in total. The van der Waals surface area contributed by atoms with Crippen molar-refractivity contribution in [2.45, 2.75) is 38.8 Å². The first-order chi connectivity index (χ1) is 8.78. The van der Waals surface area contributed by atoms with Crippen molar-refractivity contribution in [1.82, 2.24) is 10.2 Å². The van der Waals surface area contributed by atoms with E-state index in [-0.39, 0.29) is 47.7 Å². The van der Waals surface area contributed by atoms with Crippen LogP contribution in [0, 0.1) is 5.92 Å². The highest BCUT2D eigenvalue weighted by atomic mass is 32.2. The molecule has 2 amide bonds. The Balaban J connectivity index is 1.90. The molecule has 2 aliphatic rings. The van der Waals surface area contributed by atoms with Gasteiger partial charge in [0.05, 0.1) is 17.4 Å². The highest BCUT2D eigenvalue weighted by molar-refractivity contribution is 7.91. The van der Waals surface area contributed by atoms with Crippen LogP contribution in [0.4, 0.5) is 0 Å². The molecule has 2 rings (SSSR count). The number of hydrogen-bond donors (Lipinski definition) is 1. The van der Waals surface area contributed by atoms with Crippen LogP contribution in [0.2, 0.25) is 0 Å². The molecule has 0 aromatic rings. The SMILES string of the molecule is CC(C)N1CC(C(=O)NC2CCS(=O)(=O)C2)CC1=O. The van der Waals surface area contributed by atoms with Gasteiger partial charge in [-0.1, -0.05) is 0 Å². The third kappa shape index (κ3) is 3.26. The van der Waals surface area contributed by atoms with Crippen molar-refractivity contribution in [3.8, 4) is 0 Å². The first kappa shape index (κ1) is 14.3. The topological polar surface area (TPSA) is 83.6 Å². The Hall–Kier alpha value is -1.11. The van der Waals surface area contributed by atoms with Gasteiger partial charge in [0, 0.05) is 25.0 Å². The zero-order valence-corrected chi connectivity index (χ0v) is 12.1. The molecule has 2 unspecified atom stereocenters. The smallest absolute Gasteiger partial charge is 0.225 e. The van der Waals surface area contributed by atoms with E-state index in [4.69, 9.17) is 0 Å². The molecule has 0 bridgehead atoms. The van der Waals surface area contributed by atoms with Crippen molar-refractivity contribution >= 4 is 21.7 Å². The molecule has 0 radical (unpaired) electrons. The molecule has 108 valence electrons. The highest BCUT2D eigenvalue weighted by Crippen LogP contribution is 2.21. The minimum Gasteiger partial charge on any atom is -0.352 e. The van der Waals surface area contributed by atoms with Gasteiger partial charge in [-0.05, 0) is 20.3 Å². The second kappa shape index (κ2) is 5.11. The fourth-order valence-electron chi connectivity index (χ4n) is 2.63. The van der Waals surface area contributed by atoms with E-state index in [9.17, 15) is 18.0 Å². The predicted octanol–water partition coefficient (Wildman–Crippen LogP) is -0.453. The Morgan fingerprint density at radius 2 is 2.11 bits per heavy atom. The van der Waals surface area contributed by atoms with E-state index in [1.807, 2.05) is 13.8 Å². The van der Waals surface area contributed by atoms with Crippen molar-refractivity contribution in [2.24, 2.45) is 5.92 Å². The molecule has 19 heavy (non-hydrogen) atoms. The quantitative estimate of drug-likeness (QED) is 0.762. The zero-order chi connectivity index (χ0) is 14.2. The molecule has 2 atom stereocenters. The fraction of sp³-hybridized carbons (Fsp3) is 0.833. The summed E-state index contributed by atoms with van der Waals surface area (Å²) in [5.74, 6) is -0.390. The summed E-state index contributed by atoms with van der Waals surface area (Å²) in [5, 5.41) is 2.76. The second-order valence-corrected chi connectivity index (χ2v) is 7.88. The van der Waals surface area contributed by atoms with Crippen LogP contribution in [0.1, 0.15) is 26.7 Å². The van der Waals surface area contributed by atoms with Crippen molar-refractivity contribution in [3.05, 3.63) is 0 Å². The normalized spacial score (nSPS) is 30.1. The molecule has 0 spiro atoms. The van der Waals surface area contributed by atoms with E-state index in [0.29, 0.717) is 13.0 Å². The first-order valence-electron chi connectivity index (χ1n) is 6.59. The lowest BCUT2D eigenvalue weighted by Gasteiger charge is -2.21. The number of amides is 2. The van der Waals surface area contributed by atoms with Gasteiger partial charge in [-0.3, -0.25) is 9.59 Å². The lowest BCUT2D eigenvalue weighted by Crippen LogP contribution is -2.41. The Kier molecular flexibility index (Phi) is 3.85. The third-order valence-corrected chi connectivity index (χ3v) is 5.50. The zero-order valence-electron chi connectivity index (χ0n) is 11.3. The largest absolute Gasteiger partial charge is 0.352 e. The fourth-order valence-corrected chi connectivity index (χ4v) is 4.31. The number of carbonyl (C=O) groups excluding carboxylic acids is 2. The first-order valence-corrected chi connectivity index (χ1v) is 8.41. The van der Waals surface area contributed by atoms with Crippen LogP contribution in [-0.2, 0) is 19.4 Å². The molecule has 2 aliphatic heterocycles. The molecular weight excluding hydrogens is 268 g/mol. The van der Waals surface area contributed by atoms with Gasteiger partial charge >= 0.3 is 0 Å². The number of carbonyl (C=O) groups is 2. The van der Waals surface area contributed by atoms with E-state index in [1.165, 1.54) is 0 Å². The summed E-state index contributed by atoms with van der Waals surface area (Å²) in [4.78, 5) is 25.5. The number of rotatable bonds is 3. The van der Waals surface area contributed by atoms with Gasteiger partial charge in [-0.25, -0.2) is 8.42 Å². The van der Waals surface area contributed by atoms with Crippen LogP contribution in [0.3, 0.4) is 0 Å². The van der Waals surface area contributed by atoms with Crippen molar-refractivity contribution in [3.63, 3.8) is 0 Å². The maximum Gasteiger partial charge on any atom is 0.225 e. The van der Waals surface area contributed by atoms with Crippen molar-refractivity contribution in [1.29, 1.82) is 0 Å². The minimum atomic E-state index is -2.99. The Labute approximate surface area is 113 Å². The number of hydrogen-bond acceptors (Lipinski definition) is 4. The molecule has 1 N–H and O–H groups in total. The summed E-state index contributed by atoms with van der Waals surface area (Å²) in [6.45, 7) is 4.27. The molecule has 0 saturated carbocycles. The summed E-state index contributed by atoms with van der Waals surface area (Å²) >= 11 is 0. The van der Waals surface area contributed by atoms with Crippen LogP contribution < -0.4 is 5.32 Å². The lowest BCUT2D eigenvalue weighted by molar-refractivity contribution is -0.130. The van der Waals surface area contributed by atoms with Crippen LogP contribution in [0.5, 0.6) is 0 Å². The minimum absolute atomic E-state index is 0.00538. The Morgan fingerprint density at radius 3 is 2.58 bits per heavy atom. The molecule has 0 aromatic heterocycles. The maximum absolute atomic E-state index is 12.0. The number of nitrogens with zero attached hydrogens (tertiary/aromatic N) is 1. The molecule has 7 heteroatoms. The summed E-state index contributed by atoms with van der Waals surface area (Å²) in [7, 11) is -2.99. The number of nitrogens with one attached hydrogen (secondary N) is 1. The van der Waals surface area contributed by atoms with Gasteiger partial charge < -0.3 is 10.2 Å². The van der Waals surface area contributed by atoms with Crippen LogP contribution in [-0.4, -0.2) is 55.3 Å². The van der Waals surface area contributed by atoms with Gasteiger partial charge in [0.1, 0.15) is 0 Å². The van der Waals surface area contributed by atoms with Gasteiger partial charge in [0.15, 0.2) is 9.84 Å². The Morgan fingerprint density at radius 1 is 1.42 bits per heavy atom. The van der Waals surface area contributed by atoms with E-state index in [0.717, 1.165) is 0 Å². The van der Waals surface area contributed by atoms with Gasteiger partial charge in [-0.2, -0.15) is 0 Å². The summed E-state index contributed by atoms with van der Waals surface area (Å²) < 4.78 is 22.6. The van der Waals surface area contributed by atoms with Gasteiger partial charge in [-0.15, -0.1) is 0 Å². The third-order valence-electron chi connectivity index (χ3n) is 3.73. The summed E-state index contributed by atoms with van der Waals surface area (Å²) in [6.07, 6.45) is 0.701. The lowest BCUT2D eigenvalue weighted by atomic mass is 10.1. The average molecular weight is 288 g/mol. The van der Waals surface area contributed by atoms with E-state index in [2.05, 4.69) is 5.32 Å². The highest BCUT2D eigenvalue weighted by Gasteiger charge is 2.37. The molecule has 0 aliphatic carbocycles. The van der Waals surface area contributed by atoms with Gasteiger partial charge in [0.25, 0.3) is 0 Å². The molecule has 2 saturated heterocycles. The van der Waals surface area contributed by atoms with E-state index >= 15 is 0 Å². The summed E-state index contributed by atoms with van der Waals surface area (Å²) in [6, 6.07) is -0.196. The summed E-state index contributed by atoms with van der Waals surface area (Å²) in [5.41, 5.74) is 0. The van der Waals surface area contributed by atoms with Crippen LogP contribution in [0.15, 0.2) is 0 Å². The van der Waals surface area contributed by atoms with E-state index < -0.39 is 9.84 Å². The predicted molar refractivity (Wildman–Crippen MR) is 70.2 cm³/mol. The number of likely N-dealkylation sites (tertiary alicyclic amines) is 1. The van der Waals surface area contributed by atoms with Gasteiger partial charge in [0.2, 0.25) is 11.8 Å². The van der Waals surface area contributed by atoms with Crippen molar-refractivity contribution < 1.29 is 18.0 Å². The molecule has 2 fully saturated rings. The van der Waals surface area contributed by atoms with Crippen molar-refractivity contribution in [2.75, 3.05) is 18.1 Å². The molecule has 2 heterocycles. The van der Waals surface area contributed by atoms with Crippen LogP contribution >= 0.6 is 0 Å². The van der Waals surface area contributed by atoms with Crippen LogP contribution in [0.25, 0.3) is 0 Å². The molecular formula is C12H20N2O4S. The van der Waals surface area contributed by atoms with E-state index in [1.54, 1.807) is 4.90 Å². The Bertz CT molecular complexity index is 486. The number of sulfone groups is 1. The molecule has 0 aromatic carbocycles. The second-order valence-electron chi connectivity index (χ2n) is 5.65. The average Bonchev–Trinajstić information content (AvgIpc) is 2.82. The maximum atomic E-state index is 12.0. The monoisotopic (exact) mass is 288 g/mol.